The van der Waals surface area contributed by atoms with Gasteiger partial charge in [-0.3, -0.25) is 4.79 Å². The predicted octanol–water partition coefficient (Wildman–Crippen LogP) is 0.193. The quantitative estimate of drug-likeness (QED) is 0.668. The molecule has 0 fully saturated rings. The molecule has 0 unspecified atom stereocenters. The summed E-state index contributed by atoms with van der Waals surface area (Å²) in [7, 11) is 0. The van der Waals surface area contributed by atoms with Gasteiger partial charge in [-0.2, -0.15) is 0 Å². The smallest absolute Gasteiger partial charge is 0.250 e. The summed E-state index contributed by atoms with van der Waals surface area (Å²) in [5.74, 6) is 2.16. The van der Waals surface area contributed by atoms with Crippen LogP contribution in [0.1, 0.15) is 10.4 Å². The Balaban J connectivity index is 2.71. The SMILES string of the molecule is C#CCOc1ccc(C(N)=O)cn1. The third-order valence-corrected chi connectivity index (χ3v) is 1.32. The Morgan fingerprint density at radius 3 is 2.92 bits per heavy atom. The average Bonchev–Trinajstić information content (AvgIpc) is 2.15. The number of aromatic nitrogens is 1. The van der Waals surface area contributed by atoms with Crippen molar-refractivity contribution in [2.24, 2.45) is 5.73 Å². The molecule has 0 saturated carbocycles. The van der Waals surface area contributed by atoms with Crippen LogP contribution in [-0.4, -0.2) is 17.5 Å². The van der Waals surface area contributed by atoms with Gasteiger partial charge in [0.15, 0.2) is 6.61 Å². The molecule has 1 aromatic rings. The Morgan fingerprint density at radius 2 is 2.46 bits per heavy atom. The Labute approximate surface area is 75.7 Å². The van der Waals surface area contributed by atoms with E-state index in [2.05, 4.69) is 10.9 Å². The van der Waals surface area contributed by atoms with Crippen molar-refractivity contribution in [3.63, 3.8) is 0 Å². The van der Waals surface area contributed by atoms with Crippen LogP contribution in [0.2, 0.25) is 0 Å². The molecule has 0 radical (unpaired) electrons. The number of primary amides is 1. The van der Waals surface area contributed by atoms with E-state index in [1.807, 2.05) is 0 Å². The highest BCUT2D eigenvalue weighted by atomic mass is 16.5. The zero-order valence-corrected chi connectivity index (χ0v) is 6.86. The lowest BCUT2D eigenvalue weighted by Gasteiger charge is -2.00. The first kappa shape index (κ1) is 9.07. The Bertz CT molecular complexity index is 338. The van der Waals surface area contributed by atoms with E-state index in [9.17, 15) is 4.79 Å². The number of pyridine rings is 1. The number of carbonyl (C=O) groups is 1. The number of ether oxygens (including phenoxy) is 1. The second-order valence-electron chi connectivity index (χ2n) is 2.24. The highest BCUT2D eigenvalue weighted by molar-refractivity contribution is 5.92. The number of nitrogens with zero attached hydrogens (tertiary/aromatic N) is 1. The van der Waals surface area contributed by atoms with Crippen LogP contribution >= 0.6 is 0 Å². The summed E-state index contributed by atoms with van der Waals surface area (Å²) in [6.07, 6.45) is 6.32. The van der Waals surface area contributed by atoms with E-state index in [4.69, 9.17) is 16.9 Å². The van der Waals surface area contributed by atoms with Crippen molar-refractivity contribution in [2.45, 2.75) is 0 Å². The molecule has 13 heavy (non-hydrogen) atoms. The summed E-state index contributed by atoms with van der Waals surface area (Å²) in [4.78, 5) is 14.5. The van der Waals surface area contributed by atoms with Gasteiger partial charge >= 0.3 is 0 Å². The molecule has 2 N–H and O–H groups in total. The molecule has 0 aliphatic carbocycles. The Hall–Kier alpha value is -2.02. The van der Waals surface area contributed by atoms with Crippen LogP contribution in [0.4, 0.5) is 0 Å². The van der Waals surface area contributed by atoms with E-state index in [1.165, 1.54) is 18.3 Å². The van der Waals surface area contributed by atoms with Crippen LogP contribution < -0.4 is 10.5 Å². The molecular weight excluding hydrogens is 168 g/mol. The molecule has 0 atom stereocenters. The Kier molecular flexibility index (Phi) is 2.87. The zero-order valence-electron chi connectivity index (χ0n) is 6.86. The maximum absolute atomic E-state index is 10.6. The summed E-state index contributed by atoms with van der Waals surface area (Å²) in [6.45, 7) is 0.156. The van der Waals surface area contributed by atoms with Crippen molar-refractivity contribution in [3.05, 3.63) is 23.9 Å². The monoisotopic (exact) mass is 176 g/mol. The van der Waals surface area contributed by atoms with E-state index >= 15 is 0 Å². The molecule has 0 bridgehead atoms. The topological polar surface area (TPSA) is 65.2 Å². The molecule has 0 saturated heterocycles. The largest absolute Gasteiger partial charge is 0.464 e. The minimum absolute atomic E-state index is 0.156. The van der Waals surface area contributed by atoms with E-state index < -0.39 is 5.91 Å². The van der Waals surface area contributed by atoms with Gasteiger partial charge in [0.1, 0.15) is 0 Å². The summed E-state index contributed by atoms with van der Waals surface area (Å²) in [5, 5.41) is 0. The standard InChI is InChI=1S/C9H8N2O2/c1-2-5-13-8-4-3-7(6-11-8)9(10)12/h1,3-4,6H,5H2,(H2,10,12). The van der Waals surface area contributed by atoms with Gasteiger partial charge in [0.25, 0.3) is 0 Å². The molecule has 1 heterocycles. The van der Waals surface area contributed by atoms with E-state index in [0.717, 1.165) is 0 Å². The second kappa shape index (κ2) is 4.12. The van der Waals surface area contributed by atoms with Gasteiger partial charge in [-0.25, -0.2) is 4.98 Å². The van der Waals surface area contributed by atoms with Gasteiger partial charge < -0.3 is 10.5 Å². The van der Waals surface area contributed by atoms with E-state index in [1.54, 1.807) is 0 Å². The molecule has 0 aliphatic rings. The van der Waals surface area contributed by atoms with Crippen LogP contribution in [0.3, 0.4) is 0 Å². The van der Waals surface area contributed by atoms with Crippen LogP contribution in [0, 0.1) is 12.3 Å². The molecule has 4 nitrogen and oxygen atoms in total. The number of rotatable bonds is 3. The summed E-state index contributed by atoms with van der Waals surface area (Å²) in [5.41, 5.74) is 5.35. The first-order valence-corrected chi connectivity index (χ1v) is 3.56. The fourth-order valence-corrected chi connectivity index (χ4v) is 0.727. The number of nitrogens with two attached hydrogens (primary N) is 1. The summed E-state index contributed by atoms with van der Waals surface area (Å²) >= 11 is 0. The fraction of sp³-hybridized carbons (Fsp3) is 0.111. The Morgan fingerprint density at radius 1 is 1.69 bits per heavy atom. The minimum Gasteiger partial charge on any atom is -0.464 e. The van der Waals surface area contributed by atoms with Crippen molar-refractivity contribution in [2.75, 3.05) is 6.61 Å². The third-order valence-electron chi connectivity index (χ3n) is 1.32. The van der Waals surface area contributed by atoms with Crippen molar-refractivity contribution < 1.29 is 9.53 Å². The van der Waals surface area contributed by atoms with Gasteiger partial charge in [-0.05, 0) is 6.07 Å². The number of hydrogen-bond acceptors (Lipinski definition) is 3. The van der Waals surface area contributed by atoms with E-state index in [-0.39, 0.29) is 6.61 Å². The number of carbonyl (C=O) groups excluding carboxylic acids is 1. The normalized spacial score (nSPS) is 8.85. The van der Waals surface area contributed by atoms with Crippen molar-refractivity contribution >= 4 is 5.91 Å². The number of terminal acetylenes is 1. The van der Waals surface area contributed by atoms with Gasteiger partial charge in [0, 0.05) is 12.3 Å². The maximum Gasteiger partial charge on any atom is 0.250 e. The van der Waals surface area contributed by atoms with Crippen LogP contribution in [0.25, 0.3) is 0 Å². The lowest BCUT2D eigenvalue weighted by Crippen LogP contribution is -2.11. The lowest BCUT2D eigenvalue weighted by molar-refractivity contribution is 0.1000. The molecule has 0 aromatic carbocycles. The van der Waals surface area contributed by atoms with E-state index in [0.29, 0.717) is 11.4 Å². The highest BCUT2D eigenvalue weighted by Crippen LogP contribution is 2.06. The zero-order chi connectivity index (χ0) is 9.68. The molecule has 1 rings (SSSR count). The van der Waals surface area contributed by atoms with Crippen molar-refractivity contribution in [1.29, 1.82) is 0 Å². The maximum atomic E-state index is 10.6. The molecule has 4 heteroatoms. The van der Waals surface area contributed by atoms with Crippen LogP contribution in [0.5, 0.6) is 5.88 Å². The molecule has 1 aromatic heterocycles. The minimum atomic E-state index is -0.518. The summed E-state index contributed by atoms with van der Waals surface area (Å²) < 4.78 is 4.99. The second-order valence-corrected chi connectivity index (χ2v) is 2.24. The molecule has 66 valence electrons. The van der Waals surface area contributed by atoms with Crippen LogP contribution in [0.15, 0.2) is 18.3 Å². The summed E-state index contributed by atoms with van der Waals surface area (Å²) in [6, 6.07) is 3.07. The average molecular weight is 176 g/mol. The van der Waals surface area contributed by atoms with Gasteiger partial charge in [-0.15, -0.1) is 6.42 Å². The van der Waals surface area contributed by atoms with Gasteiger partial charge in [0.05, 0.1) is 5.56 Å². The fourth-order valence-electron chi connectivity index (χ4n) is 0.727. The van der Waals surface area contributed by atoms with Gasteiger partial charge in [0.2, 0.25) is 11.8 Å². The third kappa shape index (κ3) is 2.49. The predicted molar refractivity (Wildman–Crippen MR) is 47.1 cm³/mol. The first-order valence-electron chi connectivity index (χ1n) is 3.56. The molecule has 0 aliphatic heterocycles. The lowest BCUT2D eigenvalue weighted by atomic mass is 10.3. The molecular formula is C9H8N2O2. The molecule has 0 spiro atoms. The van der Waals surface area contributed by atoms with Crippen molar-refractivity contribution in [3.8, 4) is 18.2 Å². The van der Waals surface area contributed by atoms with Crippen molar-refractivity contribution in [1.82, 2.24) is 4.98 Å². The first-order chi connectivity index (χ1) is 6.24. The highest BCUT2D eigenvalue weighted by Gasteiger charge is 2.00. The molecule has 1 amide bonds. The van der Waals surface area contributed by atoms with Crippen LogP contribution in [-0.2, 0) is 0 Å². The van der Waals surface area contributed by atoms with Gasteiger partial charge in [-0.1, -0.05) is 5.92 Å². The number of amides is 1. The number of hydrogen-bond donors (Lipinski definition) is 1.